The molecule has 0 saturated heterocycles. The van der Waals surface area contributed by atoms with Crippen molar-refractivity contribution in [2.24, 2.45) is 0 Å². The molecule has 0 atom stereocenters. The van der Waals surface area contributed by atoms with Crippen LogP contribution >= 0.6 is 0 Å². The van der Waals surface area contributed by atoms with Gasteiger partial charge in [-0.1, -0.05) is 74.4 Å². The fourth-order valence-corrected chi connectivity index (χ4v) is 2.41. The highest BCUT2D eigenvalue weighted by Gasteiger charge is 2.26. The number of benzene rings is 1. The van der Waals surface area contributed by atoms with E-state index in [9.17, 15) is 0 Å². The topological polar surface area (TPSA) is 0 Å². The second kappa shape index (κ2) is 5.16. The van der Waals surface area contributed by atoms with Gasteiger partial charge < -0.3 is 0 Å². The van der Waals surface area contributed by atoms with Gasteiger partial charge in [0.05, 0.1) is 0 Å². The Bertz CT molecular complexity index is 358. The van der Waals surface area contributed by atoms with E-state index in [1.807, 2.05) is 0 Å². The molecule has 0 heteroatoms. The summed E-state index contributed by atoms with van der Waals surface area (Å²) in [7, 11) is 0. The van der Waals surface area contributed by atoms with Gasteiger partial charge in [0.2, 0.25) is 0 Å². The standard InChI is InChI=1S/C16H20/c1-2-3-12-16(13-8-5-9-14-16)15-10-6-4-7-11-15/h4,6-11,13-14H,2-3,5,12H2,1H3. The van der Waals surface area contributed by atoms with Crippen LogP contribution in [-0.4, -0.2) is 0 Å². The summed E-state index contributed by atoms with van der Waals surface area (Å²) >= 11 is 0. The lowest BCUT2D eigenvalue weighted by molar-refractivity contribution is 0.555. The number of allylic oxidation sites excluding steroid dienone is 4. The molecule has 1 aromatic rings. The minimum absolute atomic E-state index is 0.162. The van der Waals surface area contributed by atoms with E-state index < -0.39 is 0 Å². The fourth-order valence-electron chi connectivity index (χ4n) is 2.41. The van der Waals surface area contributed by atoms with Crippen LogP contribution in [0.15, 0.2) is 54.6 Å². The first-order valence-electron chi connectivity index (χ1n) is 6.28. The molecule has 0 heterocycles. The van der Waals surface area contributed by atoms with E-state index in [1.165, 1.54) is 24.8 Å². The van der Waals surface area contributed by atoms with Crippen molar-refractivity contribution < 1.29 is 0 Å². The van der Waals surface area contributed by atoms with Gasteiger partial charge in [-0.15, -0.1) is 0 Å². The molecule has 0 fully saturated rings. The minimum Gasteiger partial charge on any atom is -0.0836 e. The van der Waals surface area contributed by atoms with Crippen molar-refractivity contribution in [2.75, 3.05) is 0 Å². The zero-order chi connectivity index (χ0) is 11.3. The Kier molecular flexibility index (Phi) is 3.61. The largest absolute Gasteiger partial charge is 0.0836 e. The third kappa shape index (κ3) is 2.27. The van der Waals surface area contributed by atoms with E-state index in [2.05, 4.69) is 61.6 Å². The monoisotopic (exact) mass is 212 g/mol. The number of hydrogen-bond acceptors (Lipinski definition) is 0. The zero-order valence-electron chi connectivity index (χ0n) is 10.0. The van der Waals surface area contributed by atoms with Gasteiger partial charge >= 0.3 is 0 Å². The first kappa shape index (κ1) is 11.2. The number of unbranched alkanes of at least 4 members (excludes halogenated alkanes) is 1. The Balaban J connectivity index is 2.31. The quantitative estimate of drug-likeness (QED) is 0.638. The summed E-state index contributed by atoms with van der Waals surface area (Å²) in [5.74, 6) is 0. The molecule has 1 aromatic carbocycles. The van der Waals surface area contributed by atoms with Crippen LogP contribution in [0.5, 0.6) is 0 Å². The highest BCUT2D eigenvalue weighted by Crippen LogP contribution is 2.35. The van der Waals surface area contributed by atoms with Crippen LogP contribution in [0.25, 0.3) is 0 Å². The maximum atomic E-state index is 2.39. The maximum absolute atomic E-state index is 2.39. The molecule has 0 aromatic heterocycles. The molecule has 0 radical (unpaired) electrons. The molecule has 0 spiro atoms. The van der Waals surface area contributed by atoms with Crippen molar-refractivity contribution >= 4 is 0 Å². The summed E-state index contributed by atoms with van der Waals surface area (Å²) in [5.41, 5.74) is 1.59. The van der Waals surface area contributed by atoms with Gasteiger partial charge in [0.15, 0.2) is 0 Å². The first-order valence-corrected chi connectivity index (χ1v) is 6.28. The van der Waals surface area contributed by atoms with E-state index >= 15 is 0 Å². The molecule has 1 aliphatic carbocycles. The Morgan fingerprint density at radius 3 is 2.38 bits per heavy atom. The molecule has 2 rings (SSSR count). The van der Waals surface area contributed by atoms with Crippen LogP contribution in [0.4, 0.5) is 0 Å². The van der Waals surface area contributed by atoms with E-state index in [-0.39, 0.29) is 5.41 Å². The summed E-state index contributed by atoms with van der Waals surface area (Å²) in [6.45, 7) is 2.26. The van der Waals surface area contributed by atoms with E-state index in [4.69, 9.17) is 0 Å². The minimum atomic E-state index is 0.162. The van der Waals surface area contributed by atoms with Gasteiger partial charge in [0, 0.05) is 5.41 Å². The Labute approximate surface area is 98.7 Å². The van der Waals surface area contributed by atoms with Gasteiger partial charge in [0.25, 0.3) is 0 Å². The summed E-state index contributed by atoms with van der Waals surface area (Å²) in [6, 6.07) is 10.9. The summed E-state index contributed by atoms with van der Waals surface area (Å²) < 4.78 is 0. The third-order valence-corrected chi connectivity index (χ3v) is 3.36. The smallest absolute Gasteiger partial charge is 0.0312 e. The van der Waals surface area contributed by atoms with E-state index in [0.717, 1.165) is 6.42 Å². The van der Waals surface area contributed by atoms with Crippen molar-refractivity contribution in [1.82, 2.24) is 0 Å². The van der Waals surface area contributed by atoms with Gasteiger partial charge in [-0.3, -0.25) is 0 Å². The van der Waals surface area contributed by atoms with Crippen LogP contribution in [0.3, 0.4) is 0 Å². The molecule has 0 bridgehead atoms. The Hall–Kier alpha value is -1.30. The molecule has 16 heavy (non-hydrogen) atoms. The van der Waals surface area contributed by atoms with Crippen LogP contribution < -0.4 is 0 Å². The lowest BCUT2D eigenvalue weighted by Gasteiger charge is -2.30. The van der Waals surface area contributed by atoms with Gasteiger partial charge in [-0.2, -0.15) is 0 Å². The molecule has 0 nitrogen and oxygen atoms in total. The normalized spacial score (nSPS) is 17.6. The van der Waals surface area contributed by atoms with Gasteiger partial charge in [-0.25, -0.2) is 0 Å². The Morgan fingerprint density at radius 1 is 1.06 bits per heavy atom. The van der Waals surface area contributed by atoms with Crippen molar-refractivity contribution in [3.8, 4) is 0 Å². The molecule has 0 aliphatic heterocycles. The van der Waals surface area contributed by atoms with Crippen LogP contribution in [0, 0.1) is 0 Å². The molecule has 0 amide bonds. The number of hydrogen-bond donors (Lipinski definition) is 0. The Morgan fingerprint density at radius 2 is 1.75 bits per heavy atom. The molecule has 1 aliphatic rings. The average Bonchev–Trinajstić information content (AvgIpc) is 2.38. The summed E-state index contributed by atoms with van der Waals surface area (Å²) in [5, 5.41) is 0. The number of rotatable bonds is 4. The second-order valence-corrected chi connectivity index (χ2v) is 4.55. The van der Waals surface area contributed by atoms with Gasteiger partial charge in [-0.05, 0) is 18.4 Å². The lowest BCUT2D eigenvalue weighted by atomic mass is 9.74. The fraction of sp³-hybridized carbons (Fsp3) is 0.375. The molecular formula is C16H20. The van der Waals surface area contributed by atoms with Crippen molar-refractivity contribution in [2.45, 2.75) is 38.0 Å². The predicted molar refractivity (Wildman–Crippen MR) is 70.5 cm³/mol. The predicted octanol–water partition coefficient (Wildman–Crippen LogP) is 4.63. The molecule has 0 N–H and O–H groups in total. The van der Waals surface area contributed by atoms with Crippen molar-refractivity contribution in [3.05, 3.63) is 60.2 Å². The van der Waals surface area contributed by atoms with E-state index in [1.54, 1.807) is 0 Å². The van der Waals surface area contributed by atoms with Crippen molar-refractivity contribution in [3.63, 3.8) is 0 Å². The highest BCUT2D eigenvalue weighted by atomic mass is 14.3. The summed E-state index contributed by atoms with van der Waals surface area (Å²) in [4.78, 5) is 0. The van der Waals surface area contributed by atoms with Crippen LogP contribution in [0.1, 0.15) is 38.2 Å². The molecule has 0 unspecified atom stereocenters. The molecule has 0 saturated carbocycles. The zero-order valence-corrected chi connectivity index (χ0v) is 10.0. The highest BCUT2D eigenvalue weighted by molar-refractivity contribution is 5.38. The van der Waals surface area contributed by atoms with E-state index in [0.29, 0.717) is 0 Å². The lowest BCUT2D eigenvalue weighted by Crippen LogP contribution is -2.22. The summed E-state index contributed by atoms with van der Waals surface area (Å²) in [6.07, 6.45) is 14.2. The van der Waals surface area contributed by atoms with Crippen molar-refractivity contribution in [1.29, 1.82) is 0 Å². The molecular weight excluding hydrogens is 192 g/mol. The average molecular weight is 212 g/mol. The van der Waals surface area contributed by atoms with Crippen LogP contribution in [0.2, 0.25) is 0 Å². The molecule has 84 valence electrons. The first-order chi connectivity index (χ1) is 7.87. The van der Waals surface area contributed by atoms with Crippen LogP contribution in [-0.2, 0) is 5.41 Å². The second-order valence-electron chi connectivity index (χ2n) is 4.55. The third-order valence-electron chi connectivity index (χ3n) is 3.36. The maximum Gasteiger partial charge on any atom is 0.0312 e. The SMILES string of the molecule is CCCCC1(c2ccccc2)C=CCC=C1. The van der Waals surface area contributed by atoms with Gasteiger partial charge in [0.1, 0.15) is 0 Å².